The third-order valence-corrected chi connectivity index (χ3v) is 4.51. The highest BCUT2D eigenvalue weighted by atomic mass is 32.2. The van der Waals surface area contributed by atoms with E-state index in [2.05, 4.69) is 11.3 Å². The first kappa shape index (κ1) is 12.1. The van der Waals surface area contributed by atoms with Crippen molar-refractivity contribution in [2.45, 2.75) is 19.4 Å². The van der Waals surface area contributed by atoms with Crippen molar-refractivity contribution in [2.75, 3.05) is 10.8 Å². The number of hydrogen-bond donors (Lipinski definition) is 1. The van der Waals surface area contributed by atoms with E-state index in [4.69, 9.17) is 0 Å². The van der Waals surface area contributed by atoms with Crippen LogP contribution in [-0.2, 0) is 15.7 Å². The SMILES string of the molecule is C=CCN1c2ccccc2C(C)(C)NS1(=O)=O. The van der Waals surface area contributed by atoms with Gasteiger partial charge in [-0.15, -0.1) is 6.58 Å². The lowest BCUT2D eigenvalue weighted by Crippen LogP contribution is -2.54. The van der Waals surface area contributed by atoms with Crippen molar-refractivity contribution in [3.05, 3.63) is 42.5 Å². The zero-order valence-corrected chi connectivity index (χ0v) is 10.8. The van der Waals surface area contributed by atoms with Crippen molar-refractivity contribution in [1.82, 2.24) is 4.72 Å². The number of benzene rings is 1. The molecule has 0 radical (unpaired) electrons. The summed E-state index contributed by atoms with van der Waals surface area (Å²) in [5.74, 6) is 0. The first-order valence-corrected chi connectivity index (χ1v) is 6.84. The van der Waals surface area contributed by atoms with Crippen LogP contribution in [-0.4, -0.2) is 15.0 Å². The van der Waals surface area contributed by atoms with Gasteiger partial charge in [0.2, 0.25) is 0 Å². The van der Waals surface area contributed by atoms with E-state index in [9.17, 15) is 8.42 Å². The molecule has 1 aromatic carbocycles. The van der Waals surface area contributed by atoms with E-state index in [1.807, 2.05) is 38.1 Å². The van der Waals surface area contributed by atoms with Crippen LogP contribution in [0.1, 0.15) is 19.4 Å². The highest BCUT2D eigenvalue weighted by molar-refractivity contribution is 7.91. The van der Waals surface area contributed by atoms with E-state index < -0.39 is 15.7 Å². The predicted molar refractivity (Wildman–Crippen MR) is 69.1 cm³/mol. The molecule has 0 aromatic heterocycles. The summed E-state index contributed by atoms with van der Waals surface area (Å²) in [4.78, 5) is 0. The Kier molecular flexibility index (Phi) is 2.75. The summed E-state index contributed by atoms with van der Waals surface area (Å²) in [5, 5.41) is 0. The van der Waals surface area contributed by atoms with Gasteiger partial charge in [0.25, 0.3) is 0 Å². The molecule has 92 valence electrons. The molecular formula is C12H16N2O2S. The molecule has 4 nitrogen and oxygen atoms in total. The highest BCUT2D eigenvalue weighted by Crippen LogP contribution is 2.36. The maximum absolute atomic E-state index is 12.1. The molecule has 0 unspecified atom stereocenters. The second-order valence-corrected chi connectivity index (χ2v) is 6.16. The monoisotopic (exact) mass is 252 g/mol. The van der Waals surface area contributed by atoms with Crippen LogP contribution in [0.25, 0.3) is 0 Å². The zero-order chi connectivity index (χ0) is 12.7. The Bertz CT molecular complexity index is 549. The Balaban J connectivity index is 2.66. The van der Waals surface area contributed by atoms with Gasteiger partial charge in [-0.1, -0.05) is 24.3 Å². The van der Waals surface area contributed by atoms with Gasteiger partial charge in [0.15, 0.2) is 0 Å². The largest absolute Gasteiger partial charge is 0.302 e. The van der Waals surface area contributed by atoms with Gasteiger partial charge >= 0.3 is 10.2 Å². The van der Waals surface area contributed by atoms with E-state index in [1.54, 1.807) is 6.08 Å². The standard InChI is InChI=1S/C12H16N2O2S/c1-4-9-14-11-8-6-5-7-10(11)12(2,3)13-17(14,15)16/h4-8,13H,1,9H2,2-3H3. The van der Waals surface area contributed by atoms with E-state index in [1.165, 1.54) is 4.31 Å². The molecule has 0 saturated carbocycles. The van der Waals surface area contributed by atoms with Gasteiger partial charge in [-0.05, 0) is 25.5 Å². The van der Waals surface area contributed by atoms with Crippen molar-refractivity contribution >= 4 is 15.9 Å². The van der Waals surface area contributed by atoms with Crippen LogP contribution < -0.4 is 9.03 Å². The number of para-hydroxylation sites is 1. The topological polar surface area (TPSA) is 49.4 Å². The number of nitrogens with zero attached hydrogens (tertiary/aromatic N) is 1. The smallest absolute Gasteiger partial charge is 0.254 e. The van der Waals surface area contributed by atoms with Crippen LogP contribution in [0.3, 0.4) is 0 Å². The minimum atomic E-state index is -3.49. The second-order valence-electron chi connectivity index (χ2n) is 4.57. The summed E-state index contributed by atoms with van der Waals surface area (Å²) < 4.78 is 28.2. The molecule has 0 saturated heterocycles. The number of rotatable bonds is 2. The lowest BCUT2D eigenvalue weighted by atomic mass is 9.93. The second kappa shape index (κ2) is 3.85. The fraction of sp³-hybridized carbons (Fsp3) is 0.333. The molecule has 1 aliphatic rings. The molecule has 1 aliphatic heterocycles. The molecule has 1 N–H and O–H groups in total. The Morgan fingerprint density at radius 2 is 2.06 bits per heavy atom. The van der Waals surface area contributed by atoms with Crippen LogP contribution in [0.4, 0.5) is 5.69 Å². The average molecular weight is 252 g/mol. The van der Waals surface area contributed by atoms with Gasteiger partial charge in [0.1, 0.15) is 0 Å². The molecule has 0 aliphatic carbocycles. The molecule has 1 heterocycles. The van der Waals surface area contributed by atoms with Gasteiger partial charge in [-0.2, -0.15) is 13.1 Å². The van der Waals surface area contributed by atoms with E-state index >= 15 is 0 Å². The fourth-order valence-electron chi connectivity index (χ4n) is 2.10. The van der Waals surface area contributed by atoms with Gasteiger partial charge in [0, 0.05) is 0 Å². The minimum Gasteiger partial charge on any atom is -0.254 e. The van der Waals surface area contributed by atoms with Crippen LogP contribution in [0, 0.1) is 0 Å². The number of hydrogen-bond acceptors (Lipinski definition) is 2. The first-order chi connectivity index (χ1) is 7.88. The average Bonchev–Trinajstić information content (AvgIpc) is 2.23. The molecule has 0 amide bonds. The van der Waals surface area contributed by atoms with Gasteiger partial charge in [-0.3, -0.25) is 4.31 Å². The Morgan fingerprint density at radius 3 is 2.71 bits per heavy atom. The summed E-state index contributed by atoms with van der Waals surface area (Å²) in [5.41, 5.74) is 1.10. The van der Waals surface area contributed by atoms with Crippen molar-refractivity contribution in [3.8, 4) is 0 Å². The first-order valence-electron chi connectivity index (χ1n) is 5.40. The van der Waals surface area contributed by atoms with Crippen LogP contribution in [0.2, 0.25) is 0 Å². The normalized spacial score (nSPS) is 20.7. The van der Waals surface area contributed by atoms with Crippen molar-refractivity contribution in [1.29, 1.82) is 0 Å². The third-order valence-electron chi connectivity index (χ3n) is 2.82. The Morgan fingerprint density at radius 1 is 1.41 bits per heavy atom. The van der Waals surface area contributed by atoms with E-state index in [0.29, 0.717) is 0 Å². The van der Waals surface area contributed by atoms with Crippen molar-refractivity contribution < 1.29 is 8.42 Å². The number of anilines is 1. The molecule has 5 heteroatoms. The minimum absolute atomic E-state index is 0.266. The van der Waals surface area contributed by atoms with Crippen molar-refractivity contribution in [2.24, 2.45) is 0 Å². The summed E-state index contributed by atoms with van der Waals surface area (Å²) >= 11 is 0. The number of nitrogens with one attached hydrogen (secondary N) is 1. The van der Waals surface area contributed by atoms with Crippen molar-refractivity contribution in [3.63, 3.8) is 0 Å². The predicted octanol–water partition coefficient (Wildman–Crippen LogP) is 1.76. The van der Waals surface area contributed by atoms with Crippen LogP contribution >= 0.6 is 0 Å². The molecule has 0 fully saturated rings. The summed E-state index contributed by atoms with van der Waals surface area (Å²) in [6.07, 6.45) is 1.58. The molecule has 17 heavy (non-hydrogen) atoms. The lowest BCUT2D eigenvalue weighted by molar-refractivity contribution is 0.461. The lowest BCUT2D eigenvalue weighted by Gasteiger charge is -2.39. The highest BCUT2D eigenvalue weighted by Gasteiger charge is 2.39. The van der Waals surface area contributed by atoms with E-state index in [-0.39, 0.29) is 6.54 Å². The Labute approximate surface area is 102 Å². The zero-order valence-electron chi connectivity index (χ0n) is 9.97. The Hall–Kier alpha value is -1.33. The summed E-state index contributed by atoms with van der Waals surface area (Å²) in [6, 6.07) is 7.50. The van der Waals surface area contributed by atoms with Gasteiger partial charge < -0.3 is 0 Å². The van der Waals surface area contributed by atoms with E-state index in [0.717, 1.165) is 11.3 Å². The number of fused-ring (bicyclic) bond motifs is 1. The quantitative estimate of drug-likeness (QED) is 0.815. The summed E-state index contributed by atoms with van der Waals surface area (Å²) in [6.45, 7) is 7.57. The maximum atomic E-state index is 12.1. The molecule has 0 spiro atoms. The van der Waals surface area contributed by atoms with Crippen LogP contribution in [0.15, 0.2) is 36.9 Å². The van der Waals surface area contributed by atoms with Gasteiger partial charge in [0.05, 0.1) is 17.8 Å². The molecule has 0 bridgehead atoms. The van der Waals surface area contributed by atoms with Crippen LogP contribution in [0.5, 0.6) is 0 Å². The fourth-order valence-corrected chi connectivity index (χ4v) is 3.68. The maximum Gasteiger partial charge on any atom is 0.302 e. The summed E-state index contributed by atoms with van der Waals surface area (Å²) in [7, 11) is -3.49. The molecule has 1 aromatic rings. The molecular weight excluding hydrogens is 236 g/mol. The molecule has 0 atom stereocenters. The van der Waals surface area contributed by atoms with Gasteiger partial charge in [-0.25, -0.2) is 0 Å². The molecule has 2 rings (SSSR count). The third kappa shape index (κ3) is 1.96.